The maximum absolute atomic E-state index is 11.9. The van der Waals surface area contributed by atoms with E-state index >= 15 is 0 Å². The number of benzene rings is 1. The van der Waals surface area contributed by atoms with Crippen LogP contribution in [0.4, 0.5) is 5.69 Å². The molecule has 0 atom stereocenters. The van der Waals surface area contributed by atoms with Crippen molar-refractivity contribution in [3.63, 3.8) is 0 Å². The summed E-state index contributed by atoms with van der Waals surface area (Å²) in [6.07, 6.45) is 0. The Hall–Kier alpha value is -1.92. The second-order valence-electron chi connectivity index (χ2n) is 3.87. The van der Waals surface area contributed by atoms with Gasteiger partial charge < -0.3 is 15.8 Å². The average Bonchev–Trinajstić information content (AvgIpc) is 2.40. The van der Waals surface area contributed by atoms with Crippen LogP contribution in [0.1, 0.15) is 10.5 Å². The number of anilines is 1. The quantitative estimate of drug-likeness (QED) is 0.823. The molecule has 0 fully saturated rings. The summed E-state index contributed by atoms with van der Waals surface area (Å²) in [5.74, 6) is -0.385. The van der Waals surface area contributed by atoms with Crippen LogP contribution in [-0.4, -0.2) is 36.4 Å². The van der Waals surface area contributed by atoms with E-state index in [1.165, 1.54) is 0 Å². The monoisotopic (exact) mass is 280 g/mol. The number of ether oxygens (including phenoxy) is 1. The van der Waals surface area contributed by atoms with Crippen LogP contribution in [0.3, 0.4) is 0 Å². The molecule has 3 N–H and O–H groups in total. The van der Waals surface area contributed by atoms with Gasteiger partial charge in [-0.3, -0.25) is 4.79 Å². The number of carbonyl (C=O) groups excluding carboxylic acids is 1. The van der Waals surface area contributed by atoms with Gasteiger partial charge in [0.1, 0.15) is 0 Å². The number of aromatic nitrogens is 2. The number of nitrogens with two attached hydrogens (primary N) is 1. The third-order valence-corrected chi connectivity index (χ3v) is 2.80. The highest BCUT2D eigenvalue weighted by Crippen LogP contribution is 2.24. The summed E-state index contributed by atoms with van der Waals surface area (Å²) in [5.41, 5.74) is 6.89. The minimum absolute atomic E-state index is 0.0888. The van der Waals surface area contributed by atoms with Crippen molar-refractivity contribution in [2.75, 3.05) is 26.0 Å². The number of hydrogen-bond acceptors (Lipinski definition) is 5. The highest BCUT2D eigenvalue weighted by Gasteiger charge is 2.15. The Morgan fingerprint density at radius 2 is 2.26 bits per heavy atom. The molecule has 0 aliphatic heterocycles. The van der Waals surface area contributed by atoms with E-state index in [-0.39, 0.29) is 17.3 Å². The van der Waals surface area contributed by atoms with Gasteiger partial charge in [0.15, 0.2) is 5.69 Å². The minimum Gasteiger partial charge on any atom is -0.396 e. The van der Waals surface area contributed by atoms with Gasteiger partial charge in [0, 0.05) is 24.1 Å². The fraction of sp³-hybridized carbons (Fsp3) is 0.250. The number of nitrogens with zero attached hydrogens (tertiary/aromatic N) is 2. The molecule has 0 bridgehead atoms. The maximum atomic E-state index is 11.9. The molecule has 1 aromatic heterocycles. The molecule has 2 rings (SSSR count). The summed E-state index contributed by atoms with van der Waals surface area (Å²) in [6, 6.07) is 5.05. The van der Waals surface area contributed by atoms with Crippen molar-refractivity contribution in [3.05, 3.63) is 28.9 Å². The van der Waals surface area contributed by atoms with E-state index in [4.69, 9.17) is 22.1 Å². The predicted molar refractivity (Wildman–Crippen MR) is 73.2 cm³/mol. The van der Waals surface area contributed by atoms with Gasteiger partial charge in [-0.2, -0.15) is 0 Å². The number of carbonyl (C=O) groups is 1. The summed E-state index contributed by atoms with van der Waals surface area (Å²) in [7, 11) is 1.55. The van der Waals surface area contributed by atoms with Gasteiger partial charge in [-0.25, -0.2) is 0 Å². The largest absolute Gasteiger partial charge is 0.396 e. The molecular weight excluding hydrogens is 268 g/mol. The summed E-state index contributed by atoms with van der Waals surface area (Å²) in [4.78, 5) is 11.9. The van der Waals surface area contributed by atoms with Gasteiger partial charge in [0.05, 0.1) is 17.8 Å². The summed E-state index contributed by atoms with van der Waals surface area (Å²) < 4.78 is 4.84. The van der Waals surface area contributed by atoms with Gasteiger partial charge >= 0.3 is 0 Å². The van der Waals surface area contributed by atoms with Gasteiger partial charge in [0.25, 0.3) is 5.91 Å². The highest BCUT2D eigenvalue weighted by atomic mass is 35.5. The number of halogens is 1. The Kier molecular flexibility index (Phi) is 4.13. The van der Waals surface area contributed by atoms with Crippen molar-refractivity contribution in [2.24, 2.45) is 0 Å². The van der Waals surface area contributed by atoms with Crippen LogP contribution < -0.4 is 11.1 Å². The molecule has 6 nitrogen and oxygen atoms in total. The first-order valence-electron chi connectivity index (χ1n) is 5.62. The van der Waals surface area contributed by atoms with Crippen molar-refractivity contribution >= 4 is 34.1 Å². The first-order chi connectivity index (χ1) is 9.13. The van der Waals surface area contributed by atoms with E-state index in [9.17, 15) is 4.79 Å². The van der Waals surface area contributed by atoms with Crippen LogP contribution in [0.5, 0.6) is 0 Å². The summed E-state index contributed by atoms with van der Waals surface area (Å²) in [5, 5.41) is 11.6. The Balaban J connectivity index is 2.34. The first-order valence-corrected chi connectivity index (χ1v) is 6.00. The van der Waals surface area contributed by atoms with E-state index in [1.807, 2.05) is 0 Å². The number of amides is 1. The van der Waals surface area contributed by atoms with E-state index in [2.05, 4.69) is 15.5 Å². The van der Waals surface area contributed by atoms with Crippen LogP contribution in [0.15, 0.2) is 18.2 Å². The van der Waals surface area contributed by atoms with Gasteiger partial charge in [-0.05, 0) is 18.2 Å². The normalized spacial score (nSPS) is 10.6. The van der Waals surface area contributed by atoms with Crippen molar-refractivity contribution < 1.29 is 9.53 Å². The molecule has 0 saturated carbocycles. The highest BCUT2D eigenvalue weighted by molar-refractivity contribution is 6.31. The predicted octanol–water partition coefficient (Wildman–Crippen LogP) is 1.24. The van der Waals surface area contributed by atoms with Crippen LogP contribution in [0.25, 0.3) is 10.9 Å². The molecule has 1 heterocycles. The zero-order valence-corrected chi connectivity index (χ0v) is 11.1. The lowest BCUT2D eigenvalue weighted by molar-refractivity contribution is 0.0932. The Morgan fingerprint density at radius 1 is 1.47 bits per heavy atom. The van der Waals surface area contributed by atoms with Crippen molar-refractivity contribution in [1.29, 1.82) is 0 Å². The molecule has 19 heavy (non-hydrogen) atoms. The molecule has 7 heteroatoms. The Bertz CT molecular complexity index is 618. The van der Waals surface area contributed by atoms with Gasteiger partial charge in [-0.1, -0.05) is 11.6 Å². The van der Waals surface area contributed by atoms with Crippen molar-refractivity contribution in [3.8, 4) is 0 Å². The molecule has 1 aromatic carbocycles. The molecule has 1 amide bonds. The third kappa shape index (κ3) is 2.91. The molecular formula is C12H13ClN4O2. The average molecular weight is 281 g/mol. The number of hydrogen-bond donors (Lipinski definition) is 2. The van der Waals surface area contributed by atoms with E-state index in [1.54, 1.807) is 25.3 Å². The molecule has 2 aromatic rings. The maximum Gasteiger partial charge on any atom is 0.274 e. The summed E-state index contributed by atoms with van der Waals surface area (Å²) in [6.45, 7) is 0.794. The van der Waals surface area contributed by atoms with Crippen molar-refractivity contribution in [1.82, 2.24) is 15.5 Å². The number of rotatable bonds is 4. The molecule has 0 aliphatic rings. The lowest BCUT2D eigenvalue weighted by Gasteiger charge is -2.08. The molecule has 0 aliphatic carbocycles. The van der Waals surface area contributed by atoms with E-state index < -0.39 is 0 Å². The first kappa shape index (κ1) is 13.5. The number of nitrogen functional groups attached to an aromatic ring is 1. The smallest absolute Gasteiger partial charge is 0.274 e. The van der Waals surface area contributed by atoms with Crippen LogP contribution in [0, 0.1) is 0 Å². The van der Waals surface area contributed by atoms with Crippen molar-refractivity contribution in [2.45, 2.75) is 0 Å². The fourth-order valence-corrected chi connectivity index (χ4v) is 1.79. The second-order valence-corrected chi connectivity index (χ2v) is 4.31. The van der Waals surface area contributed by atoms with Gasteiger partial charge in [0.2, 0.25) is 0 Å². The minimum atomic E-state index is -0.385. The van der Waals surface area contributed by atoms with Crippen LogP contribution in [-0.2, 0) is 4.74 Å². The lowest BCUT2D eigenvalue weighted by Crippen LogP contribution is -2.28. The zero-order valence-electron chi connectivity index (χ0n) is 10.3. The number of fused-ring (bicyclic) bond motifs is 1. The standard InChI is InChI=1S/C12H13ClN4O2/c1-19-5-4-15-12(18)11-10(14)8-6-7(13)2-3-9(8)16-17-11/h2-3,6H,4-5H2,1H3,(H2,14,16)(H,15,18). The van der Waals surface area contributed by atoms with Crippen LogP contribution in [0.2, 0.25) is 5.02 Å². The third-order valence-electron chi connectivity index (χ3n) is 2.57. The van der Waals surface area contributed by atoms with E-state index in [0.717, 1.165) is 0 Å². The molecule has 0 radical (unpaired) electrons. The summed E-state index contributed by atoms with van der Waals surface area (Å²) >= 11 is 5.90. The van der Waals surface area contributed by atoms with Gasteiger partial charge in [-0.15, -0.1) is 10.2 Å². The topological polar surface area (TPSA) is 90.1 Å². The van der Waals surface area contributed by atoms with E-state index in [0.29, 0.717) is 29.1 Å². The lowest BCUT2D eigenvalue weighted by atomic mass is 10.1. The molecule has 0 spiro atoms. The number of methoxy groups -OCH3 is 1. The molecule has 0 saturated heterocycles. The SMILES string of the molecule is COCCNC(=O)c1nnc2ccc(Cl)cc2c1N. The molecule has 0 unspecified atom stereocenters. The molecule has 100 valence electrons. The zero-order chi connectivity index (χ0) is 13.8. The fourth-order valence-electron chi connectivity index (χ4n) is 1.61. The Labute approximate surface area is 114 Å². The Morgan fingerprint density at radius 3 is 3.00 bits per heavy atom. The van der Waals surface area contributed by atoms with Crippen LogP contribution >= 0.6 is 11.6 Å². The second kappa shape index (κ2) is 5.81. The number of nitrogens with one attached hydrogen (secondary N) is 1.